The van der Waals surface area contributed by atoms with Crippen molar-refractivity contribution in [2.24, 2.45) is 0 Å². The summed E-state index contributed by atoms with van der Waals surface area (Å²) in [6.45, 7) is 7.59. The number of aryl methyl sites for hydroxylation is 2. The maximum atomic E-state index is 5.51. The van der Waals surface area contributed by atoms with E-state index in [1.54, 1.807) is 6.26 Å². The minimum Gasteiger partial charge on any atom is -0.469 e. The molecule has 0 saturated carbocycles. The molecule has 1 unspecified atom stereocenters. The smallest absolute Gasteiger partial charge is 0.105 e. The number of hydrogen-bond acceptors (Lipinski definition) is 2. The van der Waals surface area contributed by atoms with Gasteiger partial charge >= 0.3 is 0 Å². The van der Waals surface area contributed by atoms with Crippen LogP contribution >= 0.6 is 0 Å². The Bertz CT molecular complexity index is 482. The van der Waals surface area contributed by atoms with Crippen LogP contribution in [0.15, 0.2) is 41.0 Å². The van der Waals surface area contributed by atoms with E-state index in [-0.39, 0.29) is 0 Å². The van der Waals surface area contributed by atoms with Gasteiger partial charge in [-0.3, -0.25) is 0 Å². The molecule has 19 heavy (non-hydrogen) atoms. The Balaban J connectivity index is 2.26. The highest BCUT2D eigenvalue weighted by molar-refractivity contribution is 5.36. The zero-order chi connectivity index (χ0) is 13.7. The molecule has 1 heterocycles. The summed E-state index contributed by atoms with van der Waals surface area (Å²) in [7, 11) is 0. The van der Waals surface area contributed by atoms with Crippen molar-refractivity contribution in [3.05, 3.63) is 59.0 Å². The van der Waals surface area contributed by atoms with Crippen LogP contribution in [0.4, 0.5) is 0 Å². The molecule has 1 N–H and O–H groups in total. The van der Waals surface area contributed by atoms with Crippen molar-refractivity contribution in [2.75, 3.05) is 6.54 Å². The summed E-state index contributed by atoms with van der Waals surface area (Å²) in [6.07, 6.45) is 3.79. The zero-order valence-electron chi connectivity index (χ0n) is 12.1. The highest BCUT2D eigenvalue weighted by Crippen LogP contribution is 2.25. The maximum Gasteiger partial charge on any atom is 0.105 e. The van der Waals surface area contributed by atoms with Crippen LogP contribution in [0.1, 0.15) is 41.8 Å². The summed E-state index contributed by atoms with van der Waals surface area (Å²) < 4.78 is 5.51. The number of nitrogens with one attached hydrogen (secondary N) is 1. The van der Waals surface area contributed by atoms with Gasteiger partial charge in [0.1, 0.15) is 5.76 Å². The van der Waals surface area contributed by atoms with Gasteiger partial charge in [-0.25, -0.2) is 0 Å². The molecule has 0 spiro atoms. The molecule has 0 saturated heterocycles. The van der Waals surface area contributed by atoms with E-state index < -0.39 is 0 Å². The summed E-state index contributed by atoms with van der Waals surface area (Å²) in [5.74, 6) is 1.04. The lowest BCUT2D eigenvalue weighted by Gasteiger charge is -2.22. The van der Waals surface area contributed by atoms with E-state index in [0.717, 1.165) is 25.1 Å². The first-order valence-electron chi connectivity index (χ1n) is 7.04. The molecule has 0 aliphatic carbocycles. The van der Waals surface area contributed by atoms with E-state index in [1.807, 2.05) is 12.1 Å². The van der Waals surface area contributed by atoms with Gasteiger partial charge in [0, 0.05) is 12.5 Å². The lowest BCUT2D eigenvalue weighted by atomic mass is 9.93. The summed E-state index contributed by atoms with van der Waals surface area (Å²) in [5.41, 5.74) is 4.10. The monoisotopic (exact) mass is 257 g/mol. The Hall–Kier alpha value is -1.54. The second-order valence-electron chi connectivity index (χ2n) is 5.10. The van der Waals surface area contributed by atoms with Gasteiger partial charge in [-0.15, -0.1) is 0 Å². The minimum absolute atomic E-state index is 0.326. The third-order valence-corrected chi connectivity index (χ3v) is 3.52. The van der Waals surface area contributed by atoms with Gasteiger partial charge in [-0.1, -0.05) is 25.1 Å². The second kappa shape index (κ2) is 6.58. The van der Waals surface area contributed by atoms with Crippen LogP contribution in [-0.2, 0) is 6.42 Å². The van der Waals surface area contributed by atoms with E-state index in [1.165, 1.54) is 16.7 Å². The van der Waals surface area contributed by atoms with Crippen LogP contribution in [0.3, 0.4) is 0 Å². The van der Waals surface area contributed by atoms with Gasteiger partial charge in [-0.2, -0.15) is 0 Å². The average Bonchev–Trinajstić information content (AvgIpc) is 2.88. The number of rotatable bonds is 6. The van der Waals surface area contributed by atoms with E-state index in [0.29, 0.717) is 6.04 Å². The van der Waals surface area contributed by atoms with Crippen molar-refractivity contribution in [3.63, 3.8) is 0 Å². The van der Waals surface area contributed by atoms with E-state index >= 15 is 0 Å². The Morgan fingerprint density at radius 1 is 1.11 bits per heavy atom. The highest BCUT2D eigenvalue weighted by Gasteiger charge is 2.17. The second-order valence-corrected chi connectivity index (χ2v) is 5.10. The standard InChI is InChI=1S/C17H23NO/c1-4-10-18-16(12-15-9-6-11-19-15)17-13(2)7-5-8-14(17)3/h5-9,11,16,18H,4,10,12H2,1-3H3. The average molecular weight is 257 g/mol. The molecular formula is C17H23NO. The summed E-state index contributed by atoms with van der Waals surface area (Å²) >= 11 is 0. The van der Waals surface area contributed by atoms with Gasteiger partial charge in [0.15, 0.2) is 0 Å². The SMILES string of the molecule is CCCNC(Cc1ccco1)c1c(C)cccc1C. The first-order valence-corrected chi connectivity index (χ1v) is 7.04. The summed E-state index contributed by atoms with van der Waals surface area (Å²) in [5, 5.41) is 3.65. The minimum atomic E-state index is 0.326. The molecule has 0 radical (unpaired) electrons. The molecule has 1 atom stereocenters. The van der Waals surface area contributed by atoms with Crippen molar-refractivity contribution in [2.45, 2.75) is 39.7 Å². The Labute approximate surface area is 115 Å². The maximum absolute atomic E-state index is 5.51. The molecule has 0 amide bonds. The molecule has 102 valence electrons. The molecule has 0 fully saturated rings. The van der Waals surface area contributed by atoms with Crippen LogP contribution in [-0.4, -0.2) is 6.54 Å². The third-order valence-electron chi connectivity index (χ3n) is 3.52. The first-order chi connectivity index (χ1) is 9.22. The van der Waals surface area contributed by atoms with Crippen LogP contribution in [0.2, 0.25) is 0 Å². The fourth-order valence-corrected chi connectivity index (χ4v) is 2.60. The molecule has 1 aromatic heterocycles. The quantitative estimate of drug-likeness (QED) is 0.839. The molecule has 2 aromatic rings. The van der Waals surface area contributed by atoms with Gasteiger partial charge in [-0.05, 0) is 55.6 Å². The Kier molecular flexibility index (Phi) is 4.80. The summed E-state index contributed by atoms with van der Waals surface area (Å²) in [4.78, 5) is 0. The number of furan rings is 1. The van der Waals surface area contributed by atoms with Crippen molar-refractivity contribution in [1.82, 2.24) is 5.32 Å². The Morgan fingerprint density at radius 2 is 1.84 bits per heavy atom. The lowest BCUT2D eigenvalue weighted by molar-refractivity contribution is 0.447. The molecule has 0 aliphatic heterocycles. The van der Waals surface area contributed by atoms with Crippen LogP contribution < -0.4 is 5.32 Å². The van der Waals surface area contributed by atoms with Gasteiger partial charge in [0.05, 0.1) is 6.26 Å². The molecule has 0 bridgehead atoms. The Morgan fingerprint density at radius 3 is 2.42 bits per heavy atom. The third kappa shape index (κ3) is 3.48. The highest BCUT2D eigenvalue weighted by atomic mass is 16.3. The predicted molar refractivity (Wildman–Crippen MR) is 79.4 cm³/mol. The normalized spacial score (nSPS) is 12.6. The summed E-state index contributed by atoms with van der Waals surface area (Å²) in [6, 6.07) is 10.8. The van der Waals surface area contributed by atoms with Crippen molar-refractivity contribution < 1.29 is 4.42 Å². The van der Waals surface area contributed by atoms with E-state index in [4.69, 9.17) is 4.42 Å². The topological polar surface area (TPSA) is 25.2 Å². The molecule has 2 heteroatoms. The fourth-order valence-electron chi connectivity index (χ4n) is 2.60. The van der Waals surface area contributed by atoms with Crippen LogP contribution in [0.5, 0.6) is 0 Å². The van der Waals surface area contributed by atoms with Gasteiger partial charge in [0.2, 0.25) is 0 Å². The van der Waals surface area contributed by atoms with Crippen LogP contribution in [0, 0.1) is 13.8 Å². The largest absolute Gasteiger partial charge is 0.469 e. The van der Waals surface area contributed by atoms with E-state index in [9.17, 15) is 0 Å². The molecule has 1 aromatic carbocycles. The van der Waals surface area contributed by atoms with Crippen LogP contribution in [0.25, 0.3) is 0 Å². The van der Waals surface area contributed by atoms with Crippen molar-refractivity contribution >= 4 is 0 Å². The zero-order valence-corrected chi connectivity index (χ0v) is 12.1. The van der Waals surface area contributed by atoms with Gasteiger partial charge < -0.3 is 9.73 Å². The molecule has 2 nitrogen and oxygen atoms in total. The van der Waals surface area contributed by atoms with E-state index in [2.05, 4.69) is 44.3 Å². The van der Waals surface area contributed by atoms with Crippen molar-refractivity contribution in [3.8, 4) is 0 Å². The predicted octanol–water partition coefficient (Wildman–Crippen LogP) is 4.18. The number of benzene rings is 1. The number of hydrogen-bond donors (Lipinski definition) is 1. The molecular weight excluding hydrogens is 234 g/mol. The fraction of sp³-hybridized carbons (Fsp3) is 0.412. The molecule has 2 rings (SSSR count). The molecule has 0 aliphatic rings. The van der Waals surface area contributed by atoms with Crippen molar-refractivity contribution in [1.29, 1.82) is 0 Å². The first kappa shape index (κ1) is 13.9. The lowest BCUT2D eigenvalue weighted by Crippen LogP contribution is -2.25. The van der Waals surface area contributed by atoms with Gasteiger partial charge in [0.25, 0.3) is 0 Å².